The van der Waals surface area contributed by atoms with Crippen molar-refractivity contribution in [2.45, 2.75) is 19.4 Å². The molecule has 3 heterocycles. The maximum Gasteiger partial charge on any atom is 0.130 e. The molecule has 0 saturated carbocycles. The van der Waals surface area contributed by atoms with Crippen molar-refractivity contribution in [2.75, 3.05) is 18.5 Å². The van der Waals surface area contributed by atoms with Crippen LogP contribution in [0.4, 0.5) is 5.82 Å². The second-order valence-electron chi connectivity index (χ2n) is 5.40. The van der Waals surface area contributed by atoms with Crippen molar-refractivity contribution in [1.29, 1.82) is 0 Å². The molecule has 2 aromatic heterocycles. The lowest BCUT2D eigenvalue weighted by Crippen LogP contribution is -2.22. The molecule has 22 heavy (non-hydrogen) atoms. The van der Waals surface area contributed by atoms with Gasteiger partial charge in [0.2, 0.25) is 0 Å². The average Bonchev–Trinajstić information content (AvgIpc) is 3.01. The highest BCUT2D eigenvalue weighted by molar-refractivity contribution is 5.58. The highest BCUT2D eigenvalue weighted by atomic mass is 16.5. The van der Waals surface area contributed by atoms with Crippen LogP contribution in [0.25, 0.3) is 11.4 Å². The Morgan fingerprint density at radius 1 is 1.36 bits per heavy atom. The largest absolute Gasteiger partial charge is 0.374 e. The molecule has 2 aromatic rings. The zero-order valence-electron chi connectivity index (χ0n) is 12.7. The van der Waals surface area contributed by atoms with E-state index in [1.54, 1.807) is 6.20 Å². The van der Waals surface area contributed by atoms with E-state index in [1.165, 1.54) is 0 Å². The van der Waals surface area contributed by atoms with E-state index in [9.17, 15) is 0 Å². The first-order valence-corrected chi connectivity index (χ1v) is 7.51. The predicted octanol–water partition coefficient (Wildman–Crippen LogP) is 2.85. The number of ether oxygens (including phenoxy) is 1. The summed E-state index contributed by atoms with van der Waals surface area (Å²) in [4.78, 5) is 13.3. The molecule has 5 heteroatoms. The van der Waals surface area contributed by atoms with E-state index >= 15 is 0 Å². The van der Waals surface area contributed by atoms with Gasteiger partial charge in [0.1, 0.15) is 11.6 Å². The lowest BCUT2D eigenvalue weighted by atomic mass is 10.0. The summed E-state index contributed by atoms with van der Waals surface area (Å²) in [5.74, 6) is 1.99. The molecule has 5 nitrogen and oxygen atoms in total. The van der Waals surface area contributed by atoms with Crippen molar-refractivity contribution >= 4 is 5.82 Å². The molecule has 0 bridgehead atoms. The topological polar surface area (TPSA) is 59.9 Å². The van der Waals surface area contributed by atoms with Crippen LogP contribution in [-0.4, -0.2) is 34.2 Å². The Labute approximate surface area is 130 Å². The van der Waals surface area contributed by atoms with Crippen LogP contribution in [0.1, 0.15) is 12.2 Å². The van der Waals surface area contributed by atoms with Gasteiger partial charge in [-0.05, 0) is 25.5 Å². The molecule has 1 fully saturated rings. The fourth-order valence-electron chi connectivity index (χ4n) is 2.67. The number of aryl methyl sites for hydroxylation is 1. The number of anilines is 1. The van der Waals surface area contributed by atoms with Crippen molar-refractivity contribution in [3.8, 4) is 11.4 Å². The molecule has 1 aliphatic rings. The minimum atomic E-state index is 0.130. The molecular weight excluding hydrogens is 276 g/mol. The van der Waals surface area contributed by atoms with Crippen LogP contribution in [0.2, 0.25) is 0 Å². The van der Waals surface area contributed by atoms with Crippen molar-refractivity contribution in [1.82, 2.24) is 15.0 Å². The van der Waals surface area contributed by atoms with E-state index in [1.807, 2.05) is 37.3 Å². The Morgan fingerprint density at radius 2 is 2.27 bits per heavy atom. The summed E-state index contributed by atoms with van der Waals surface area (Å²) in [5, 5.41) is 3.40. The highest BCUT2D eigenvalue weighted by Gasteiger charge is 2.25. The van der Waals surface area contributed by atoms with Crippen molar-refractivity contribution in [2.24, 2.45) is 5.92 Å². The molecule has 0 aromatic carbocycles. The van der Waals surface area contributed by atoms with Crippen LogP contribution in [-0.2, 0) is 4.74 Å². The monoisotopic (exact) mass is 296 g/mol. The fourth-order valence-corrected chi connectivity index (χ4v) is 2.67. The van der Waals surface area contributed by atoms with E-state index < -0.39 is 0 Å². The number of nitrogens with one attached hydrogen (secondary N) is 1. The molecule has 2 atom stereocenters. The molecule has 0 amide bonds. The Bertz CT molecular complexity index is 644. The molecular formula is C17H20N4O. The molecule has 0 unspecified atom stereocenters. The van der Waals surface area contributed by atoms with Gasteiger partial charge in [-0.3, -0.25) is 4.98 Å². The number of hydrogen-bond acceptors (Lipinski definition) is 5. The van der Waals surface area contributed by atoms with Gasteiger partial charge >= 0.3 is 0 Å². The van der Waals surface area contributed by atoms with Gasteiger partial charge in [-0.15, -0.1) is 6.58 Å². The Kier molecular flexibility index (Phi) is 4.44. The Balaban J connectivity index is 1.74. The Morgan fingerprint density at radius 3 is 3.05 bits per heavy atom. The first kappa shape index (κ1) is 14.7. The third kappa shape index (κ3) is 3.31. The lowest BCUT2D eigenvalue weighted by molar-refractivity contribution is 0.130. The van der Waals surface area contributed by atoms with Gasteiger partial charge in [-0.25, -0.2) is 9.97 Å². The number of nitrogens with zero attached hydrogens (tertiary/aromatic N) is 3. The molecule has 0 radical (unpaired) electrons. The van der Waals surface area contributed by atoms with Crippen LogP contribution < -0.4 is 5.32 Å². The van der Waals surface area contributed by atoms with Crippen molar-refractivity contribution in [3.05, 3.63) is 48.9 Å². The van der Waals surface area contributed by atoms with Gasteiger partial charge in [0.25, 0.3) is 0 Å². The fraction of sp³-hybridized carbons (Fsp3) is 0.353. The second kappa shape index (κ2) is 6.66. The van der Waals surface area contributed by atoms with Crippen LogP contribution >= 0.6 is 0 Å². The summed E-state index contributed by atoms with van der Waals surface area (Å²) in [7, 11) is 0. The third-order valence-electron chi connectivity index (χ3n) is 3.81. The summed E-state index contributed by atoms with van der Waals surface area (Å²) < 4.78 is 5.62. The van der Waals surface area contributed by atoms with E-state index in [-0.39, 0.29) is 6.10 Å². The predicted molar refractivity (Wildman–Crippen MR) is 86.5 cm³/mol. The van der Waals surface area contributed by atoms with Crippen LogP contribution in [0.15, 0.2) is 43.1 Å². The molecule has 1 aliphatic heterocycles. The molecule has 1 N–H and O–H groups in total. The summed E-state index contributed by atoms with van der Waals surface area (Å²) in [6.45, 7) is 7.33. The molecule has 1 saturated heterocycles. The molecule has 114 valence electrons. The number of rotatable bonds is 5. The lowest BCUT2D eigenvalue weighted by Gasteiger charge is -2.16. The number of hydrogen-bond donors (Lipinski definition) is 1. The van der Waals surface area contributed by atoms with E-state index in [0.717, 1.165) is 42.6 Å². The number of pyridine rings is 1. The summed E-state index contributed by atoms with van der Waals surface area (Å²) in [5.41, 5.74) is 1.68. The molecule has 3 rings (SSSR count). The standard InChI is InChI=1S/C17H20N4O/c1-3-16-13(7-9-22-16)11-19-17-10-15(20-12(2)21-17)14-6-4-5-8-18-14/h3-6,8,10,13,16H,1,7,9,11H2,2H3,(H,19,20,21)/t13-,16-/m0/s1. The van der Waals surface area contributed by atoms with Crippen molar-refractivity contribution < 1.29 is 4.74 Å². The maximum absolute atomic E-state index is 5.62. The summed E-state index contributed by atoms with van der Waals surface area (Å²) in [6.07, 6.45) is 4.82. The average molecular weight is 296 g/mol. The normalized spacial score (nSPS) is 20.8. The third-order valence-corrected chi connectivity index (χ3v) is 3.81. The zero-order valence-corrected chi connectivity index (χ0v) is 12.7. The molecule has 0 aliphatic carbocycles. The first-order chi connectivity index (χ1) is 10.8. The second-order valence-corrected chi connectivity index (χ2v) is 5.40. The molecule has 0 spiro atoms. The van der Waals surface area contributed by atoms with Gasteiger partial charge in [0.15, 0.2) is 0 Å². The Hall–Kier alpha value is -2.27. The zero-order chi connectivity index (χ0) is 15.4. The van der Waals surface area contributed by atoms with Crippen LogP contribution in [0, 0.1) is 12.8 Å². The van der Waals surface area contributed by atoms with Gasteiger partial charge in [0.05, 0.1) is 17.5 Å². The van der Waals surface area contributed by atoms with Crippen LogP contribution in [0.5, 0.6) is 0 Å². The van der Waals surface area contributed by atoms with Gasteiger partial charge in [0, 0.05) is 31.3 Å². The van der Waals surface area contributed by atoms with E-state index in [2.05, 4.69) is 26.8 Å². The van der Waals surface area contributed by atoms with Crippen LogP contribution in [0.3, 0.4) is 0 Å². The van der Waals surface area contributed by atoms with Gasteiger partial charge in [-0.1, -0.05) is 12.1 Å². The minimum absolute atomic E-state index is 0.130. The summed E-state index contributed by atoms with van der Waals surface area (Å²) in [6, 6.07) is 7.74. The van der Waals surface area contributed by atoms with Crippen molar-refractivity contribution in [3.63, 3.8) is 0 Å². The maximum atomic E-state index is 5.62. The van der Waals surface area contributed by atoms with E-state index in [0.29, 0.717) is 5.92 Å². The first-order valence-electron chi connectivity index (χ1n) is 7.51. The smallest absolute Gasteiger partial charge is 0.130 e. The van der Waals surface area contributed by atoms with E-state index in [4.69, 9.17) is 4.74 Å². The highest BCUT2D eigenvalue weighted by Crippen LogP contribution is 2.23. The minimum Gasteiger partial charge on any atom is -0.374 e. The summed E-state index contributed by atoms with van der Waals surface area (Å²) >= 11 is 0. The SMILES string of the molecule is C=C[C@@H]1OCC[C@H]1CNc1cc(-c2ccccn2)nc(C)n1. The number of aromatic nitrogens is 3. The van der Waals surface area contributed by atoms with Gasteiger partial charge < -0.3 is 10.1 Å². The van der Waals surface area contributed by atoms with Gasteiger partial charge in [-0.2, -0.15) is 0 Å². The quantitative estimate of drug-likeness (QED) is 0.860.